The van der Waals surface area contributed by atoms with Gasteiger partial charge in [-0.3, -0.25) is 9.36 Å². The number of aromatic nitrogens is 1. The van der Waals surface area contributed by atoms with Gasteiger partial charge < -0.3 is 9.15 Å². The standard InChI is InChI=1S/C15H17NO4/c1-2-6-16-12-4-3-10(8-13(12)20-15(16)18)14(17)11-5-7-19-9-11/h3-4,8,11H,2,5-7,9H2,1H3. The molecule has 1 fully saturated rings. The molecule has 0 spiro atoms. The number of benzene rings is 1. The van der Waals surface area contributed by atoms with Gasteiger partial charge in [-0.1, -0.05) is 6.92 Å². The molecule has 1 aliphatic rings. The van der Waals surface area contributed by atoms with Crippen LogP contribution in [-0.4, -0.2) is 23.6 Å². The summed E-state index contributed by atoms with van der Waals surface area (Å²) in [6.07, 6.45) is 1.62. The van der Waals surface area contributed by atoms with Crippen molar-refractivity contribution in [3.8, 4) is 0 Å². The molecule has 1 unspecified atom stereocenters. The van der Waals surface area contributed by atoms with Crippen LogP contribution >= 0.6 is 0 Å². The van der Waals surface area contributed by atoms with E-state index >= 15 is 0 Å². The summed E-state index contributed by atoms with van der Waals surface area (Å²) >= 11 is 0. The maximum Gasteiger partial charge on any atom is 0.419 e. The SMILES string of the molecule is CCCn1c(=O)oc2cc(C(=O)C3CCOC3)ccc21. The normalized spacial score (nSPS) is 18.8. The zero-order valence-electron chi connectivity index (χ0n) is 11.4. The minimum atomic E-state index is -0.365. The summed E-state index contributed by atoms with van der Waals surface area (Å²) in [4.78, 5) is 24.1. The Labute approximate surface area is 116 Å². The van der Waals surface area contributed by atoms with Crippen LogP contribution in [0.15, 0.2) is 27.4 Å². The van der Waals surface area contributed by atoms with E-state index in [2.05, 4.69) is 0 Å². The lowest BCUT2D eigenvalue weighted by molar-refractivity contribution is 0.0900. The minimum absolute atomic E-state index is 0.0651. The number of nitrogens with zero attached hydrogens (tertiary/aromatic N) is 1. The molecule has 0 saturated carbocycles. The molecule has 1 aromatic carbocycles. The van der Waals surface area contributed by atoms with E-state index in [1.54, 1.807) is 22.8 Å². The average Bonchev–Trinajstić information content (AvgIpc) is 3.07. The second-order valence-electron chi connectivity index (χ2n) is 5.13. The van der Waals surface area contributed by atoms with E-state index in [1.165, 1.54) is 0 Å². The van der Waals surface area contributed by atoms with Crippen LogP contribution in [0.25, 0.3) is 11.1 Å². The fourth-order valence-corrected chi connectivity index (χ4v) is 2.63. The van der Waals surface area contributed by atoms with Crippen molar-refractivity contribution in [2.75, 3.05) is 13.2 Å². The van der Waals surface area contributed by atoms with E-state index in [4.69, 9.17) is 9.15 Å². The Balaban J connectivity index is 1.98. The van der Waals surface area contributed by atoms with Crippen LogP contribution < -0.4 is 5.76 Å². The number of fused-ring (bicyclic) bond motifs is 1. The molecule has 106 valence electrons. The lowest BCUT2D eigenvalue weighted by Gasteiger charge is -2.06. The third kappa shape index (κ3) is 2.18. The number of hydrogen-bond donors (Lipinski definition) is 0. The van der Waals surface area contributed by atoms with Crippen LogP contribution in [0.3, 0.4) is 0 Å². The number of aryl methyl sites for hydroxylation is 1. The van der Waals surface area contributed by atoms with E-state index in [0.717, 1.165) is 18.4 Å². The molecular formula is C15H17NO4. The van der Waals surface area contributed by atoms with Gasteiger partial charge in [0.25, 0.3) is 0 Å². The van der Waals surface area contributed by atoms with Crippen LogP contribution in [0.2, 0.25) is 0 Å². The Kier molecular flexibility index (Phi) is 3.44. The van der Waals surface area contributed by atoms with Crippen molar-refractivity contribution in [2.45, 2.75) is 26.3 Å². The third-order valence-electron chi connectivity index (χ3n) is 3.70. The Morgan fingerprint density at radius 3 is 3.00 bits per heavy atom. The molecule has 0 aliphatic carbocycles. The van der Waals surface area contributed by atoms with Crippen LogP contribution in [-0.2, 0) is 11.3 Å². The van der Waals surface area contributed by atoms with Crippen molar-refractivity contribution in [1.29, 1.82) is 0 Å². The van der Waals surface area contributed by atoms with Gasteiger partial charge in [-0.05, 0) is 31.0 Å². The number of hydrogen-bond acceptors (Lipinski definition) is 4. The first kappa shape index (κ1) is 13.1. The van der Waals surface area contributed by atoms with Gasteiger partial charge >= 0.3 is 5.76 Å². The first-order valence-corrected chi connectivity index (χ1v) is 6.96. The fourth-order valence-electron chi connectivity index (χ4n) is 2.63. The van der Waals surface area contributed by atoms with Crippen molar-refractivity contribution >= 4 is 16.9 Å². The number of ketones is 1. The van der Waals surface area contributed by atoms with E-state index in [1.807, 2.05) is 6.92 Å². The van der Waals surface area contributed by atoms with Crippen molar-refractivity contribution in [3.63, 3.8) is 0 Å². The fraction of sp³-hybridized carbons (Fsp3) is 0.467. The molecule has 1 aliphatic heterocycles. The maximum absolute atomic E-state index is 12.3. The van der Waals surface area contributed by atoms with Gasteiger partial charge in [-0.15, -0.1) is 0 Å². The molecule has 2 heterocycles. The molecule has 5 heteroatoms. The number of carbonyl (C=O) groups is 1. The molecule has 0 bridgehead atoms. The van der Waals surface area contributed by atoms with Gasteiger partial charge in [0.15, 0.2) is 11.4 Å². The van der Waals surface area contributed by atoms with Gasteiger partial charge in [0.2, 0.25) is 0 Å². The summed E-state index contributed by atoms with van der Waals surface area (Å²) in [7, 11) is 0. The van der Waals surface area contributed by atoms with Gasteiger partial charge in [-0.25, -0.2) is 4.79 Å². The average molecular weight is 275 g/mol. The molecule has 1 aromatic heterocycles. The molecule has 1 saturated heterocycles. The van der Waals surface area contributed by atoms with Crippen LogP contribution in [0.1, 0.15) is 30.1 Å². The van der Waals surface area contributed by atoms with Crippen molar-refractivity contribution in [3.05, 3.63) is 34.3 Å². The van der Waals surface area contributed by atoms with Crippen LogP contribution in [0, 0.1) is 5.92 Å². The third-order valence-corrected chi connectivity index (χ3v) is 3.70. The number of ether oxygens (including phenoxy) is 1. The molecule has 5 nitrogen and oxygen atoms in total. The minimum Gasteiger partial charge on any atom is -0.408 e. The first-order chi connectivity index (χ1) is 9.70. The first-order valence-electron chi connectivity index (χ1n) is 6.96. The van der Waals surface area contributed by atoms with Gasteiger partial charge in [0, 0.05) is 24.6 Å². The summed E-state index contributed by atoms with van der Waals surface area (Å²) < 4.78 is 12.1. The molecule has 1 atom stereocenters. The summed E-state index contributed by atoms with van der Waals surface area (Å²) in [5.41, 5.74) is 1.81. The Morgan fingerprint density at radius 1 is 1.45 bits per heavy atom. The predicted octanol–water partition coefficient (Wildman–Crippen LogP) is 2.22. The predicted molar refractivity (Wildman–Crippen MR) is 74.0 cm³/mol. The van der Waals surface area contributed by atoms with E-state index in [9.17, 15) is 9.59 Å². The zero-order chi connectivity index (χ0) is 14.1. The second kappa shape index (κ2) is 5.25. The Bertz CT molecular complexity index is 691. The van der Waals surface area contributed by atoms with Crippen molar-refractivity contribution in [1.82, 2.24) is 4.57 Å². The highest BCUT2D eigenvalue weighted by molar-refractivity contribution is 6.00. The molecule has 3 rings (SSSR count). The van der Waals surface area contributed by atoms with Crippen molar-refractivity contribution < 1.29 is 13.9 Å². The van der Waals surface area contributed by atoms with Gasteiger partial charge in [-0.2, -0.15) is 0 Å². The number of rotatable bonds is 4. The summed E-state index contributed by atoms with van der Waals surface area (Å²) in [5.74, 6) is -0.372. The Hall–Kier alpha value is -1.88. The lowest BCUT2D eigenvalue weighted by atomic mass is 9.97. The molecule has 0 N–H and O–H groups in total. The zero-order valence-corrected chi connectivity index (χ0v) is 11.4. The molecular weight excluding hydrogens is 258 g/mol. The summed E-state index contributed by atoms with van der Waals surface area (Å²) in [6.45, 7) is 3.75. The monoisotopic (exact) mass is 275 g/mol. The topological polar surface area (TPSA) is 61.4 Å². The molecule has 0 radical (unpaired) electrons. The van der Waals surface area contributed by atoms with Crippen molar-refractivity contribution in [2.24, 2.45) is 5.92 Å². The summed E-state index contributed by atoms with van der Waals surface area (Å²) in [5, 5.41) is 0. The van der Waals surface area contributed by atoms with Crippen LogP contribution in [0.4, 0.5) is 0 Å². The maximum atomic E-state index is 12.3. The molecule has 2 aromatic rings. The highest BCUT2D eigenvalue weighted by atomic mass is 16.5. The number of Topliss-reactive ketones (excluding diaryl/α,β-unsaturated/α-hetero) is 1. The largest absolute Gasteiger partial charge is 0.419 e. The van der Waals surface area contributed by atoms with Gasteiger partial charge in [0.1, 0.15) is 0 Å². The van der Waals surface area contributed by atoms with E-state index in [-0.39, 0.29) is 17.5 Å². The number of oxazole rings is 1. The quantitative estimate of drug-likeness (QED) is 0.803. The van der Waals surface area contributed by atoms with E-state index in [0.29, 0.717) is 30.9 Å². The summed E-state index contributed by atoms with van der Waals surface area (Å²) in [6, 6.07) is 5.23. The lowest BCUT2D eigenvalue weighted by Crippen LogP contribution is -2.14. The number of carbonyl (C=O) groups excluding carboxylic acids is 1. The molecule has 0 amide bonds. The Morgan fingerprint density at radius 2 is 2.30 bits per heavy atom. The molecule has 20 heavy (non-hydrogen) atoms. The second-order valence-corrected chi connectivity index (χ2v) is 5.13. The van der Waals surface area contributed by atoms with E-state index < -0.39 is 0 Å². The smallest absolute Gasteiger partial charge is 0.408 e. The highest BCUT2D eigenvalue weighted by Crippen LogP contribution is 2.21. The van der Waals surface area contributed by atoms with Crippen LogP contribution in [0.5, 0.6) is 0 Å². The van der Waals surface area contributed by atoms with Gasteiger partial charge in [0.05, 0.1) is 12.1 Å². The highest BCUT2D eigenvalue weighted by Gasteiger charge is 2.25.